The molecule has 2 rings (SSSR count). The average Bonchev–Trinajstić information content (AvgIpc) is 2.71. The lowest BCUT2D eigenvalue weighted by Gasteiger charge is -2.28. The Labute approximate surface area is 107 Å². The van der Waals surface area contributed by atoms with E-state index >= 15 is 0 Å². The van der Waals surface area contributed by atoms with Crippen LogP contribution in [0.15, 0.2) is 0 Å². The first-order chi connectivity index (χ1) is 8.61. The second kappa shape index (κ2) is 5.69. The topological polar surface area (TPSA) is 55.8 Å². The van der Waals surface area contributed by atoms with Crippen LogP contribution in [0.3, 0.4) is 0 Å². The summed E-state index contributed by atoms with van der Waals surface area (Å²) in [5.74, 6) is -0.0213. The number of carbonyl (C=O) groups is 2. The van der Waals surface area contributed by atoms with Crippen molar-refractivity contribution >= 4 is 11.9 Å². The zero-order valence-electron chi connectivity index (χ0n) is 11.1. The fourth-order valence-corrected chi connectivity index (χ4v) is 2.75. The molecule has 1 saturated carbocycles. The fourth-order valence-electron chi connectivity index (χ4n) is 2.75. The third-order valence-corrected chi connectivity index (χ3v) is 3.94. The van der Waals surface area contributed by atoms with Crippen LogP contribution in [0.1, 0.15) is 32.1 Å². The van der Waals surface area contributed by atoms with Crippen LogP contribution < -0.4 is 0 Å². The summed E-state index contributed by atoms with van der Waals surface area (Å²) in [7, 11) is 3.23. The van der Waals surface area contributed by atoms with Gasteiger partial charge in [0, 0.05) is 20.0 Å². The summed E-state index contributed by atoms with van der Waals surface area (Å²) in [6, 6.07) is 0. The number of ether oxygens (including phenoxy) is 2. The number of rotatable bonds is 3. The second-order valence-corrected chi connectivity index (χ2v) is 5.17. The second-order valence-electron chi connectivity index (χ2n) is 5.17. The highest BCUT2D eigenvalue weighted by molar-refractivity contribution is 5.82. The van der Waals surface area contributed by atoms with Crippen molar-refractivity contribution in [3.05, 3.63) is 0 Å². The molecule has 0 spiro atoms. The normalized spacial score (nSPS) is 32.7. The first-order valence-corrected chi connectivity index (χ1v) is 6.60. The Balaban J connectivity index is 1.77. The molecule has 2 aliphatic rings. The first-order valence-electron chi connectivity index (χ1n) is 6.60. The zero-order chi connectivity index (χ0) is 13.1. The van der Waals surface area contributed by atoms with Crippen molar-refractivity contribution in [1.82, 2.24) is 4.90 Å². The van der Waals surface area contributed by atoms with Gasteiger partial charge < -0.3 is 14.4 Å². The molecule has 1 unspecified atom stereocenters. The third kappa shape index (κ3) is 2.83. The van der Waals surface area contributed by atoms with Gasteiger partial charge >= 0.3 is 5.97 Å². The summed E-state index contributed by atoms with van der Waals surface area (Å²) < 4.78 is 10.6. The lowest BCUT2D eigenvalue weighted by molar-refractivity contribution is -0.150. The van der Waals surface area contributed by atoms with Crippen LogP contribution in [0.25, 0.3) is 0 Å². The van der Waals surface area contributed by atoms with Crippen molar-refractivity contribution < 1.29 is 19.1 Å². The van der Waals surface area contributed by atoms with Crippen molar-refractivity contribution in [1.29, 1.82) is 0 Å². The summed E-state index contributed by atoms with van der Waals surface area (Å²) in [4.78, 5) is 24.8. The minimum atomic E-state index is -0.269. The molecule has 0 aromatic heterocycles. The van der Waals surface area contributed by atoms with Crippen LogP contribution in [0.2, 0.25) is 0 Å². The summed E-state index contributed by atoms with van der Waals surface area (Å²) in [6.45, 7) is 0.779. The van der Waals surface area contributed by atoms with E-state index in [-0.39, 0.29) is 30.0 Å². The summed E-state index contributed by atoms with van der Waals surface area (Å²) in [6.07, 6.45) is 3.91. The molecule has 1 aliphatic heterocycles. The van der Waals surface area contributed by atoms with Crippen molar-refractivity contribution in [2.24, 2.45) is 5.92 Å². The molecule has 102 valence electrons. The predicted octanol–water partition coefficient (Wildman–Crippen LogP) is 0.965. The summed E-state index contributed by atoms with van der Waals surface area (Å²) in [5, 5.41) is 0. The molecule has 1 heterocycles. The maximum absolute atomic E-state index is 11.7. The number of hydrogen-bond acceptors (Lipinski definition) is 4. The number of methoxy groups -OCH3 is 1. The van der Waals surface area contributed by atoms with Crippen molar-refractivity contribution in [2.45, 2.75) is 44.3 Å². The molecular formula is C13H21NO4. The number of carbonyl (C=O) groups excluding carboxylic acids is 2. The molecule has 2 fully saturated rings. The van der Waals surface area contributed by atoms with Crippen molar-refractivity contribution in [3.8, 4) is 0 Å². The first kappa shape index (κ1) is 13.3. The number of esters is 1. The van der Waals surface area contributed by atoms with Gasteiger partial charge in [-0.25, -0.2) is 0 Å². The van der Waals surface area contributed by atoms with Gasteiger partial charge in [0.05, 0.1) is 19.1 Å². The number of nitrogens with zero attached hydrogens (tertiary/aromatic N) is 1. The van der Waals surface area contributed by atoms with Crippen LogP contribution in [-0.4, -0.2) is 49.7 Å². The lowest BCUT2D eigenvalue weighted by Crippen LogP contribution is -2.33. The maximum atomic E-state index is 11.7. The molecule has 0 radical (unpaired) electrons. The molecule has 1 aliphatic carbocycles. The Morgan fingerprint density at radius 3 is 2.39 bits per heavy atom. The summed E-state index contributed by atoms with van der Waals surface area (Å²) >= 11 is 0. The molecule has 0 aromatic rings. The molecule has 1 atom stereocenters. The smallest absolute Gasteiger partial charge is 0.308 e. The van der Waals surface area contributed by atoms with E-state index < -0.39 is 0 Å². The van der Waals surface area contributed by atoms with E-state index in [1.54, 1.807) is 11.9 Å². The largest absolute Gasteiger partial charge is 0.469 e. The van der Waals surface area contributed by atoms with E-state index in [9.17, 15) is 9.59 Å². The number of amides is 1. The minimum Gasteiger partial charge on any atom is -0.469 e. The molecular weight excluding hydrogens is 234 g/mol. The highest BCUT2D eigenvalue weighted by Gasteiger charge is 2.34. The van der Waals surface area contributed by atoms with E-state index in [4.69, 9.17) is 9.47 Å². The Hall–Kier alpha value is -1.10. The van der Waals surface area contributed by atoms with Gasteiger partial charge in [0.25, 0.3) is 5.91 Å². The average molecular weight is 255 g/mol. The predicted molar refractivity (Wildman–Crippen MR) is 64.9 cm³/mol. The van der Waals surface area contributed by atoms with Gasteiger partial charge in [-0.3, -0.25) is 9.59 Å². The number of likely N-dealkylation sites (N-methyl/N-ethyl adjacent to an activating group) is 1. The van der Waals surface area contributed by atoms with Gasteiger partial charge in [-0.15, -0.1) is 0 Å². The quantitative estimate of drug-likeness (QED) is 0.705. The van der Waals surface area contributed by atoms with Gasteiger partial charge in [0.1, 0.15) is 6.10 Å². The van der Waals surface area contributed by atoms with Gasteiger partial charge in [0.2, 0.25) is 0 Å². The van der Waals surface area contributed by atoms with Crippen LogP contribution in [0, 0.1) is 5.92 Å². The van der Waals surface area contributed by atoms with Gasteiger partial charge in [-0.05, 0) is 25.7 Å². The Kier molecular flexibility index (Phi) is 4.22. The van der Waals surface area contributed by atoms with Crippen LogP contribution in [0.5, 0.6) is 0 Å². The molecule has 1 amide bonds. The Bertz CT molecular complexity index is 323. The number of likely N-dealkylation sites (tertiary alicyclic amines) is 1. The van der Waals surface area contributed by atoms with E-state index in [0.717, 1.165) is 38.6 Å². The minimum absolute atomic E-state index is 0.0109. The molecule has 0 N–H and O–H groups in total. The van der Waals surface area contributed by atoms with Gasteiger partial charge in [-0.1, -0.05) is 0 Å². The Morgan fingerprint density at radius 1 is 1.22 bits per heavy atom. The van der Waals surface area contributed by atoms with Crippen LogP contribution >= 0.6 is 0 Å². The number of hydrogen-bond donors (Lipinski definition) is 0. The van der Waals surface area contributed by atoms with Gasteiger partial charge in [0.15, 0.2) is 0 Å². The molecule has 0 aromatic carbocycles. The van der Waals surface area contributed by atoms with Crippen molar-refractivity contribution in [2.75, 3.05) is 20.7 Å². The fraction of sp³-hybridized carbons (Fsp3) is 0.846. The third-order valence-electron chi connectivity index (χ3n) is 3.94. The van der Waals surface area contributed by atoms with Crippen LogP contribution in [-0.2, 0) is 19.1 Å². The monoisotopic (exact) mass is 255 g/mol. The van der Waals surface area contributed by atoms with E-state index in [0.29, 0.717) is 0 Å². The van der Waals surface area contributed by atoms with Crippen molar-refractivity contribution in [3.63, 3.8) is 0 Å². The maximum Gasteiger partial charge on any atom is 0.308 e. The molecule has 5 nitrogen and oxygen atoms in total. The van der Waals surface area contributed by atoms with Gasteiger partial charge in [-0.2, -0.15) is 0 Å². The highest BCUT2D eigenvalue weighted by atomic mass is 16.5. The van der Waals surface area contributed by atoms with E-state index in [1.807, 2.05) is 0 Å². The van der Waals surface area contributed by atoms with E-state index in [1.165, 1.54) is 7.11 Å². The van der Waals surface area contributed by atoms with E-state index in [2.05, 4.69) is 0 Å². The molecule has 5 heteroatoms. The molecule has 0 bridgehead atoms. The Morgan fingerprint density at radius 2 is 1.89 bits per heavy atom. The highest BCUT2D eigenvalue weighted by Crippen LogP contribution is 2.29. The lowest BCUT2D eigenvalue weighted by atomic mass is 9.87. The SMILES string of the molecule is COC(=O)C1CCC(OC2CCN(C)C2=O)CC1. The molecule has 1 saturated heterocycles. The standard InChI is InChI=1S/C13H21NO4/c1-14-8-7-11(12(14)15)18-10-5-3-9(4-6-10)13(16)17-2/h9-11H,3-8H2,1-2H3. The zero-order valence-corrected chi connectivity index (χ0v) is 11.1. The van der Waals surface area contributed by atoms with Crippen LogP contribution in [0.4, 0.5) is 0 Å². The molecule has 18 heavy (non-hydrogen) atoms. The summed E-state index contributed by atoms with van der Waals surface area (Å²) in [5.41, 5.74) is 0.